The maximum atomic E-state index is 11.9. The van der Waals surface area contributed by atoms with Gasteiger partial charge in [-0.3, -0.25) is 4.79 Å². The fourth-order valence-corrected chi connectivity index (χ4v) is 3.23. The molecule has 0 fully saturated rings. The molecule has 1 amide bonds. The summed E-state index contributed by atoms with van der Waals surface area (Å²) in [4.78, 5) is 25.6. The molecule has 0 spiro atoms. The summed E-state index contributed by atoms with van der Waals surface area (Å²) in [7, 11) is 0. The highest BCUT2D eigenvalue weighted by molar-refractivity contribution is 7.12. The lowest BCUT2D eigenvalue weighted by Crippen LogP contribution is -2.30. The van der Waals surface area contributed by atoms with Crippen LogP contribution >= 0.6 is 11.3 Å². The Kier molecular flexibility index (Phi) is 5.93. The van der Waals surface area contributed by atoms with E-state index in [4.69, 9.17) is 4.74 Å². The molecule has 23 heavy (non-hydrogen) atoms. The van der Waals surface area contributed by atoms with Gasteiger partial charge in [0, 0.05) is 16.3 Å². The van der Waals surface area contributed by atoms with Crippen molar-refractivity contribution in [3.63, 3.8) is 0 Å². The first-order valence-electron chi connectivity index (χ1n) is 7.52. The lowest BCUT2D eigenvalue weighted by Gasteiger charge is -2.08. The number of benzene rings is 1. The lowest BCUT2D eigenvalue weighted by atomic mass is 10.1. The van der Waals surface area contributed by atoms with Crippen LogP contribution in [0.3, 0.4) is 0 Å². The van der Waals surface area contributed by atoms with E-state index in [0.717, 1.165) is 16.2 Å². The summed E-state index contributed by atoms with van der Waals surface area (Å²) < 4.78 is 5.07. The van der Waals surface area contributed by atoms with Crippen molar-refractivity contribution >= 4 is 23.2 Å². The minimum absolute atomic E-state index is 0.249. The van der Waals surface area contributed by atoms with Gasteiger partial charge < -0.3 is 10.1 Å². The monoisotopic (exact) mass is 331 g/mol. The number of rotatable bonds is 6. The van der Waals surface area contributed by atoms with Crippen LogP contribution in [0.5, 0.6) is 0 Å². The number of ether oxygens (including phenoxy) is 1. The molecule has 122 valence electrons. The van der Waals surface area contributed by atoms with Crippen molar-refractivity contribution in [1.82, 2.24) is 5.32 Å². The molecule has 0 aliphatic heterocycles. The molecular formula is C18H21NO3S. The molecule has 1 aromatic heterocycles. The van der Waals surface area contributed by atoms with Crippen molar-refractivity contribution in [2.45, 2.75) is 27.2 Å². The number of thiophene rings is 1. The first-order valence-corrected chi connectivity index (χ1v) is 8.34. The Bertz CT molecular complexity index is 706. The number of aryl methyl sites for hydroxylation is 3. The molecular weight excluding hydrogens is 310 g/mol. The Morgan fingerprint density at radius 3 is 2.57 bits per heavy atom. The minimum atomic E-state index is -0.444. The van der Waals surface area contributed by atoms with E-state index in [1.54, 1.807) is 17.4 Å². The highest BCUT2D eigenvalue weighted by Gasteiger charge is 2.14. The van der Waals surface area contributed by atoms with Gasteiger partial charge in [-0.05, 0) is 44.4 Å². The lowest BCUT2D eigenvalue weighted by molar-refractivity contribution is -0.124. The third kappa shape index (κ3) is 4.93. The number of carbonyl (C=O) groups is 2. The van der Waals surface area contributed by atoms with Crippen LogP contribution in [0.2, 0.25) is 0 Å². The summed E-state index contributed by atoms with van der Waals surface area (Å²) in [5.74, 6) is -0.725. The number of carbonyl (C=O) groups excluding carboxylic acids is 2. The van der Waals surface area contributed by atoms with E-state index in [0.29, 0.717) is 12.1 Å². The molecule has 0 aliphatic carbocycles. The Hall–Kier alpha value is -2.14. The van der Waals surface area contributed by atoms with Gasteiger partial charge in [0.15, 0.2) is 6.61 Å². The average molecular weight is 331 g/mol. The van der Waals surface area contributed by atoms with E-state index < -0.39 is 5.97 Å². The molecule has 5 heteroatoms. The number of amides is 1. The number of hydrogen-bond donors (Lipinski definition) is 1. The van der Waals surface area contributed by atoms with Gasteiger partial charge >= 0.3 is 5.97 Å². The highest BCUT2D eigenvalue weighted by Crippen LogP contribution is 2.21. The molecule has 0 radical (unpaired) electrons. The van der Waals surface area contributed by atoms with E-state index in [-0.39, 0.29) is 12.5 Å². The predicted molar refractivity (Wildman–Crippen MR) is 92.0 cm³/mol. The molecule has 0 atom stereocenters. The van der Waals surface area contributed by atoms with Crippen molar-refractivity contribution in [2.75, 3.05) is 13.2 Å². The predicted octanol–water partition coefficient (Wildman–Crippen LogP) is 3.19. The summed E-state index contributed by atoms with van der Waals surface area (Å²) in [6.45, 7) is 6.13. The first kappa shape index (κ1) is 17.2. The molecule has 0 aliphatic rings. The van der Waals surface area contributed by atoms with Gasteiger partial charge in [0.05, 0.1) is 5.56 Å². The van der Waals surface area contributed by atoms with E-state index in [1.165, 1.54) is 11.1 Å². The highest BCUT2D eigenvalue weighted by atomic mass is 32.1. The van der Waals surface area contributed by atoms with Gasteiger partial charge in [-0.2, -0.15) is 0 Å². The Morgan fingerprint density at radius 1 is 1.17 bits per heavy atom. The Balaban J connectivity index is 1.74. The quantitative estimate of drug-likeness (QED) is 0.827. The second-order valence-electron chi connectivity index (χ2n) is 5.43. The fourth-order valence-electron chi connectivity index (χ4n) is 2.32. The van der Waals surface area contributed by atoms with Crippen molar-refractivity contribution in [1.29, 1.82) is 0 Å². The molecule has 0 unspecified atom stereocenters. The maximum absolute atomic E-state index is 11.9. The van der Waals surface area contributed by atoms with Crippen LogP contribution in [0.25, 0.3) is 0 Å². The van der Waals surface area contributed by atoms with Gasteiger partial charge in [-0.1, -0.05) is 24.3 Å². The molecule has 0 saturated carbocycles. The average Bonchev–Trinajstić information content (AvgIpc) is 2.85. The van der Waals surface area contributed by atoms with Gasteiger partial charge in [0.25, 0.3) is 5.91 Å². The molecule has 1 heterocycles. The zero-order valence-electron chi connectivity index (χ0n) is 13.6. The molecule has 0 saturated heterocycles. The zero-order chi connectivity index (χ0) is 16.8. The van der Waals surface area contributed by atoms with Gasteiger partial charge in [0.2, 0.25) is 0 Å². The number of nitrogens with one attached hydrogen (secondary N) is 1. The fraction of sp³-hybridized carbons (Fsp3) is 0.333. The van der Waals surface area contributed by atoms with Crippen LogP contribution in [0, 0.1) is 20.8 Å². The SMILES string of the molecule is Cc1cc(C(=O)OCC(=O)NCCc2ccccc2C)c(C)s1. The molecule has 2 rings (SSSR count). The van der Waals surface area contributed by atoms with Crippen LogP contribution < -0.4 is 5.32 Å². The normalized spacial score (nSPS) is 10.4. The summed E-state index contributed by atoms with van der Waals surface area (Å²) in [6, 6.07) is 9.85. The third-order valence-electron chi connectivity index (χ3n) is 3.57. The van der Waals surface area contributed by atoms with E-state index in [9.17, 15) is 9.59 Å². The van der Waals surface area contributed by atoms with Crippen LogP contribution in [0.4, 0.5) is 0 Å². The van der Waals surface area contributed by atoms with Crippen LogP contribution in [-0.4, -0.2) is 25.0 Å². The van der Waals surface area contributed by atoms with Gasteiger partial charge in [0.1, 0.15) is 0 Å². The molecule has 2 aromatic rings. The summed E-state index contributed by atoms with van der Waals surface area (Å²) in [5.41, 5.74) is 2.95. The minimum Gasteiger partial charge on any atom is -0.452 e. The van der Waals surface area contributed by atoms with Crippen LogP contribution in [0.1, 0.15) is 31.2 Å². The maximum Gasteiger partial charge on any atom is 0.339 e. The van der Waals surface area contributed by atoms with E-state index >= 15 is 0 Å². The van der Waals surface area contributed by atoms with E-state index in [1.807, 2.05) is 45.0 Å². The third-order valence-corrected chi connectivity index (χ3v) is 4.54. The summed E-state index contributed by atoms with van der Waals surface area (Å²) >= 11 is 1.54. The Labute approximate surface area is 140 Å². The van der Waals surface area contributed by atoms with Crippen molar-refractivity contribution < 1.29 is 14.3 Å². The second kappa shape index (κ2) is 7.92. The van der Waals surface area contributed by atoms with Crippen molar-refractivity contribution in [3.05, 3.63) is 56.8 Å². The topological polar surface area (TPSA) is 55.4 Å². The smallest absolute Gasteiger partial charge is 0.339 e. The number of hydrogen-bond acceptors (Lipinski definition) is 4. The number of esters is 1. The Morgan fingerprint density at radius 2 is 1.91 bits per heavy atom. The molecule has 0 bridgehead atoms. The van der Waals surface area contributed by atoms with Gasteiger partial charge in [-0.25, -0.2) is 4.79 Å². The van der Waals surface area contributed by atoms with E-state index in [2.05, 4.69) is 5.32 Å². The van der Waals surface area contributed by atoms with Crippen molar-refractivity contribution in [3.8, 4) is 0 Å². The largest absolute Gasteiger partial charge is 0.452 e. The summed E-state index contributed by atoms with van der Waals surface area (Å²) in [5, 5.41) is 2.77. The summed E-state index contributed by atoms with van der Waals surface area (Å²) in [6.07, 6.45) is 0.759. The van der Waals surface area contributed by atoms with Gasteiger partial charge in [-0.15, -0.1) is 11.3 Å². The standard InChI is InChI=1S/C18H21NO3S/c1-12-6-4-5-7-15(12)8-9-19-17(20)11-22-18(21)16-10-13(2)23-14(16)3/h4-7,10H,8-9,11H2,1-3H3,(H,19,20). The second-order valence-corrected chi connectivity index (χ2v) is 6.89. The zero-order valence-corrected chi connectivity index (χ0v) is 14.5. The molecule has 1 aromatic carbocycles. The van der Waals surface area contributed by atoms with Crippen molar-refractivity contribution in [2.24, 2.45) is 0 Å². The first-order chi connectivity index (χ1) is 11.0. The van der Waals surface area contributed by atoms with Crippen LogP contribution in [0.15, 0.2) is 30.3 Å². The molecule has 4 nitrogen and oxygen atoms in total. The van der Waals surface area contributed by atoms with Crippen LogP contribution in [-0.2, 0) is 16.0 Å². The molecule has 1 N–H and O–H groups in total.